The summed E-state index contributed by atoms with van der Waals surface area (Å²) in [6.45, 7) is 5.56. The van der Waals surface area contributed by atoms with E-state index >= 15 is 0 Å². The summed E-state index contributed by atoms with van der Waals surface area (Å²) in [6.07, 6.45) is 0. The Morgan fingerprint density at radius 3 is 2.43 bits per heavy atom. The average Bonchev–Trinajstić information content (AvgIpc) is 2.60. The van der Waals surface area contributed by atoms with E-state index in [1.54, 1.807) is 24.3 Å². The van der Waals surface area contributed by atoms with Gasteiger partial charge < -0.3 is 15.0 Å². The number of amides is 1. The molecule has 0 saturated carbocycles. The van der Waals surface area contributed by atoms with E-state index in [1.165, 1.54) is 18.2 Å². The Bertz CT molecular complexity index is 851. The van der Waals surface area contributed by atoms with Crippen molar-refractivity contribution in [2.45, 2.75) is 13.8 Å². The molecule has 7 nitrogen and oxygen atoms in total. The molecule has 0 heterocycles. The van der Waals surface area contributed by atoms with Gasteiger partial charge in [-0.2, -0.15) is 0 Å². The summed E-state index contributed by atoms with van der Waals surface area (Å²) in [5.74, 6) is 0.280. The third-order valence-corrected chi connectivity index (χ3v) is 4.17. The van der Waals surface area contributed by atoms with Gasteiger partial charge in [-0.1, -0.05) is 25.4 Å². The highest BCUT2D eigenvalue weighted by Crippen LogP contribution is 2.33. The van der Waals surface area contributed by atoms with E-state index in [0.29, 0.717) is 17.9 Å². The lowest BCUT2D eigenvalue weighted by atomic mass is 9.93. The third kappa shape index (κ3) is 6.21. The first-order chi connectivity index (χ1) is 13.1. The van der Waals surface area contributed by atoms with Gasteiger partial charge >= 0.3 is 5.69 Å². The van der Waals surface area contributed by atoms with E-state index in [1.807, 2.05) is 14.1 Å². The molecular formula is C20H24ClN3O4. The van der Waals surface area contributed by atoms with Crippen LogP contribution in [0.25, 0.3) is 0 Å². The van der Waals surface area contributed by atoms with Crippen LogP contribution in [-0.4, -0.2) is 42.9 Å². The largest absolute Gasteiger partial charge is 0.450 e. The monoisotopic (exact) mass is 405 g/mol. The lowest BCUT2D eigenvalue weighted by Crippen LogP contribution is -2.39. The van der Waals surface area contributed by atoms with E-state index in [9.17, 15) is 14.9 Å². The van der Waals surface area contributed by atoms with Gasteiger partial charge in [0.05, 0.1) is 4.92 Å². The van der Waals surface area contributed by atoms with E-state index in [-0.39, 0.29) is 27.8 Å². The van der Waals surface area contributed by atoms with Crippen LogP contribution in [0.2, 0.25) is 5.02 Å². The lowest BCUT2D eigenvalue weighted by molar-refractivity contribution is -0.385. The molecule has 2 aromatic carbocycles. The second kappa shape index (κ2) is 9.03. The number of ether oxygens (including phenoxy) is 1. The van der Waals surface area contributed by atoms with Crippen LogP contribution in [0.1, 0.15) is 24.2 Å². The molecule has 0 spiro atoms. The van der Waals surface area contributed by atoms with Gasteiger partial charge in [-0.15, -0.1) is 0 Å². The van der Waals surface area contributed by atoms with E-state index in [4.69, 9.17) is 16.3 Å². The number of carbonyl (C=O) groups is 1. The number of carbonyl (C=O) groups excluding carboxylic acids is 1. The van der Waals surface area contributed by atoms with Gasteiger partial charge in [0, 0.05) is 29.7 Å². The van der Waals surface area contributed by atoms with Crippen LogP contribution in [0, 0.1) is 15.5 Å². The molecule has 0 atom stereocenters. The molecule has 0 aromatic heterocycles. The van der Waals surface area contributed by atoms with Crippen LogP contribution < -0.4 is 10.1 Å². The molecule has 0 aliphatic carbocycles. The number of nitrogens with zero attached hydrogens (tertiary/aromatic N) is 2. The second-order valence-corrected chi connectivity index (χ2v) is 8.02. The molecule has 1 amide bonds. The highest BCUT2D eigenvalue weighted by atomic mass is 35.5. The summed E-state index contributed by atoms with van der Waals surface area (Å²) >= 11 is 5.80. The Balaban J connectivity index is 2.04. The highest BCUT2D eigenvalue weighted by Gasteiger charge is 2.20. The number of nitro benzene ring substituents is 1. The van der Waals surface area contributed by atoms with E-state index < -0.39 is 4.92 Å². The summed E-state index contributed by atoms with van der Waals surface area (Å²) in [5.41, 5.74) is 0.200. The molecule has 8 heteroatoms. The molecule has 0 fully saturated rings. The maximum Gasteiger partial charge on any atom is 0.313 e. The van der Waals surface area contributed by atoms with Gasteiger partial charge in [-0.3, -0.25) is 14.9 Å². The fourth-order valence-electron chi connectivity index (χ4n) is 2.85. The zero-order valence-corrected chi connectivity index (χ0v) is 17.1. The normalized spacial score (nSPS) is 11.4. The van der Waals surface area contributed by atoms with Crippen LogP contribution >= 0.6 is 11.6 Å². The Hall–Kier alpha value is -2.64. The number of rotatable bonds is 8. The molecule has 0 unspecified atom stereocenters. The van der Waals surface area contributed by atoms with Crippen molar-refractivity contribution in [3.63, 3.8) is 0 Å². The molecule has 28 heavy (non-hydrogen) atoms. The SMILES string of the molecule is CN(C)CC(C)(C)CNC(=O)c1ccc(Oc2ccc(Cl)cc2[N+](=O)[O-])cc1. The van der Waals surface area contributed by atoms with Crippen molar-refractivity contribution < 1.29 is 14.5 Å². The second-order valence-electron chi connectivity index (χ2n) is 7.58. The topological polar surface area (TPSA) is 84.7 Å². The van der Waals surface area contributed by atoms with Crippen molar-refractivity contribution in [1.82, 2.24) is 10.2 Å². The van der Waals surface area contributed by atoms with Gasteiger partial charge in [0.2, 0.25) is 5.75 Å². The Labute approximate surface area is 169 Å². The van der Waals surface area contributed by atoms with Gasteiger partial charge in [0.15, 0.2) is 0 Å². The molecule has 2 aromatic rings. The zero-order chi connectivity index (χ0) is 20.9. The summed E-state index contributed by atoms with van der Waals surface area (Å²) in [7, 11) is 3.99. The van der Waals surface area contributed by atoms with Crippen molar-refractivity contribution in [3.05, 3.63) is 63.2 Å². The number of benzene rings is 2. The minimum Gasteiger partial charge on any atom is -0.450 e. The van der Waals surface area contributed by atoms with Crippen molar-refractivity contribution in [2.24, 2.45) is 5.41 Å². The van der Waals surface area contributed by atoms with E-state index in [2.05, 4.69) is 24.1 Å². The Morgan fingerprint density at radius 2 is 1.86 bits per heavy atom. The van der Waals surface area contributed by atoms with Crippen LogP contribution in [0.3, 0.4) is 0 Å². The molecule has 0 aliphatic rings. The van der Waals surface area contributed by atoms with Crippen LogP contribution in [-0.2, 0) is 0 Å². The van der Waals surface area contributed by atoms with Gasteiger partial charge in [0.25, 0.3) is 5.91 Å². The van der Waals surface area contributed by atoms with Gasteiger partial charge in [-0.25, -0.2) is 0 Å². The molecule has 0 radical (unpaired) electrons. The molecule has 1 N–H and O–H groups in total. The molecular weight excluding hydrogens is 382 g/mol. The standard InChI is InChI=1S/C20H24ClN3O4/c1-20(2,13-23(3)4)12-22-19(25)14-5-8-16(9-6-14)28-18-10-7-15(21)11-17(18)24(26)27/h5-11H,12-13H2,1-4H3,(H,22,25). The predicted octanol–water partition coefficient (Wildman–Crippen LogP) is 4.36. The summed E-state index contributed by atoms with van der Waals surface area (Å²) in [5, 5.41) is 14.3. The average molecular weight is 406 g/mol. The highest BCUT2D eigenvalue weighted by molar-refractivity contribution is 6.30. The minimum absolute atomic E-state index is 0.0598. The number of halogens is 1. The Morgan fingerprint density at radius 1 is 1.21 bits per heavy atom. The quantitative estimate of drug-likeness (QED) is 0.521. The van der Waals surface area contributed by atoms with Gasteiger partial charge in [-0.05, 0) is 55.9 Å². The fourth-order valence-corrected chi connectivity index (χ4v) is 3.02. The van der Waals surface area contributed by atoms with Gasteiger partial charge in [0.1, 0.15) is 5.75 Å². The lowest BCUT2D eigenvalue weighted by Gasteiger charge is -2.28. The maximum absolute atomic E-state index is 12.4. The molecule has 0 aliphatic heterocycles. The van der Waals surface area contributed by atoms with Crippen LogP contribution in [0.15, 0.2) is 42.5 Å². The summed E-state index contributed by atoms with van der Waals surface area (Å²) in [6, 6.07) is 10.6. The molecule has 0 saturated heterocycles. The first kappa shape index (κ1) is 21.7. The summed E-state index contributed by atoms with van der Waals surface area (Å²) < 4.78 is 5.58. The van der Waals surface area contributed by atoms with Crippen molar-refractivity contribution in [2.75, 3.05) is 27.2 Å². The smallest absolute Gasteiger partial charge is 0.313 e. The first-order valence-electron chi connectivity index (χ1n) is 8.72. The van der Waals surface area contributed by atoms with Crippen molar-refractivity contribution in [1.29, 1.82) is 0 Å². The first-order valence-corrected chi connectivity index (χ1v) is 9.10. The van der Waals surface area contributed by atoms with Crippen molar-refractivity contribution in [3.8, 4) is 11.5 Å². The number of nitro groups is 1. The Kier molecular flexibility index (Phi) is 6.99. The summed E-state index contributed by atoms with van der Waals surface area (Å²) in [4.78, 5) is 25.0. The number of hydrogen-bond acceptors (Lipinski definition) is 5. The third-order valence-electron chi connectivity index (χ3n) is 3.93. The predicted molar refractivity (Wildman–Crippen MR) is 109 cm³/mol. The van der Waals surface area contributed by atoms with Crippen molar-refractivity contribution >= 4 is 23.2 Å². The molecule has 2 rings (SSSR count). The van der Waals surface area contributed by atoms with Crippen LogP contribution in [0.5, 0.6) is 11.5 Å². The molecule has 150 valence electrons. The maximum atomic E-state index is 12.4. The number of nitrogens with one attached hydrogen (secondary N) is 1. The van der Waals surface area contributed by atoms with E-state index in [0.717, 1.165) is 6.54 Å². The fraction of sp³-hybridized carbons (Fsp3) is 0.350. The number of hydrogen-bond donors (Lipinski definition) is 1. The zero-order valence-electron chi connectivity index (χ0n) is 16.4. The van der Waals surface area contributed by atoms with Crippen LogP contribution in [0.4, 0.5) is 5.69 Å². The molecule has 0 bridgehead atoms. The minimum atomic E-state index is -0.557.